The van der Waals surface area contributed by atoms with Gasteiger partial charge >= 0.3 is 0 Å². The molecule has 0 saturated carbocycles. The molecule has 0 spiro atoms. The van der Waals surface area contributed by atoms with E-state index in [9.17, 15) is 4.79 Å². The van der Waals surface area contributed by atoms with Crippen LogP contribution in [0.4, 0.5) is 0 Å². The van der Waals surface area contributed by atoms with Crippen molar-refractivity contribution in [1.82, 2.24) is 14.8 Å². The van der Waals surface area contributed by atoms with Crippen molar-refractivity contribution >= 4 is 5.91 Å². The molecule has 0 radical (unpaired) electrons. The van der Waals surface area contributed by atoms with Crippen LogP contribution >= 0.6 is 0 Å². The van der Waals surface area contributed by atoms with Crippen LogP contribution in [0.25, 0.3) is 0 Å². The molecule has 0 bridgehead atoms. The molecule has 1 atom stereocenters. The Balaban J connectivity index is 1.85. The van der Waals surface area contributed by atoms with Gasteiger partial charge in [-0.15, -0.1) is 0 Å². The van der Waals surface area contributed by atoms with Crippen LogP contribution in [0.3, 0.4) is 0 Å². The fourth-order valence-corrected chi connectivity index (χ4v) is 2.99. The van der Waals surface area contributed by atoms with Crippen LogP contribution in [-0.4, -0.2) is 29.0 Å². The smallest absolute Gasteiger partial charge is 0.268 e. The molecule has 3 rings (SSSR count). The van der Waals surface area contributed by atoms with E-state index in [2.05, 4.69) is 28.4 Å². The van der Waals surface area contributed by atoms with Gasteiger partial charge in [-0.25, -0.2) is 0 Å². The number of likely N-dealkylation sites (N-methyl/N-ethyl adjacent to an activating group) is 1. The number of fused-ring (bicyclic) bond motifs is 1. The highest BCUT2D eigenvalue weighted by atomic mass is 16.2. The number of amides is 1. The van der Waals surface area contributed by atoms with E-state index in [1.807, 2.05) is 19.2 Å². The molecule has 1 unspecified atom stereocenters. The second-order valence-electron chi connectivity index (χ2n) is 5.76. The van der Waals surface area contributed by atoms with E-state index in [0.29, 0.717) is 11.3 Å². The molecule has 1 aliphatic heterocycles. The first kappa shape index (κ1) is 14.4. The maximum Gasteiger partial charge on any atom is 0.268 e. The first-order valence-corrected chi connectivity index (χ1v) is 7.22. The first-order chi connectivity index (χ1) is 10.6. The highest BCUT2D eigenvalue weighted by Crippen LogP contribution is 2.25. The maximum absolute atomic E-state index is 12.5. The summed E-state index contributed by atoms with van der Waals surface area (Å²) in [5, 5.41) is 12.0. The molecule has 112 valence electrons. The summed E-state index contributed by atoms with van der Waals surface area (Å²) in [5.41, 5.74) is 3.41. The second-order valence-corrected chi connectivity index (χ2v) is 5.76. The first-order valence-electron chi connectivity index (χ1n) is 7.22. The van der Waals surface area contributed by atoms with E-state index < -0.39 is 0 Å². The number of benzene rings is 1. The van der Waals surface area contributed by atoms with Gasteiger partial charge in [-0.2, -0.15) is 5.26 Å². The van der Waals surface area contributed by atoms with Gasteiger partial charge in [0.05, 0.1) is 11.6 Å². The number of aryl methyl sites for hydroxylation is 1. The molecule has 0 fully saturated rings. The van der Waals surface area contributed by atoms with Crippen LogP contribution in [0.2, 0.25) is 0 Å². The largest absolute Gasteiger partial charge is 0.345 e. The molecule has 1 amide bonds. The lowest BCUT2D eigenvalue weighted by Gasteiger charge is -2.32. The number of aromatic nitrogens is 1. The van der Waals surface area contributed by atoms with E-state index in [-0.39, 0.29) is 11.9 Å². The van der Waals surface area contributed by atoms with Crippen molar-refractivity contribution in [2.45, 2.75) is 12.6 Å². The SMILES string of the molecule is CN1Cc2ccccc2C(NC(=O)c2cc(C#N)cn2C)C1. The number of hydrogen-bond donors (Lipinski definition) is 1. The molecule has 22 heavy (non-hydrogen) atoms. The quantitative estimate of drug-likeness (QED) is 0.919. The Morgan fingerprint density at radius 2 is 2.14 bits per heavy atom. The Morgan fingerprint density at radius 1 is 1.36 bits per heavy atom. The van der Waals surface area contributed by atoms with E-state index >= 15 is 0 Å². The third kappa shape index (κ3) is 2.61. The zero-order chi connectivity index (χ0) is 15.7. The molecule has 0 aliphatic carbocycles. The lowest BCUT2D eigenvalue weighted by molar-refractivity contribution is 0.0914. The van der Waals surface area contributed by atoms with E-state index in [4.69, 9.17) is 5.26 Å². The van der Waals surface area contributed by atoms with E-state index in [0.717, 1.165) is 13.1 Å². The summed E-state index contributed by atoms with van der Waals surface area (Å²) >= 11 is 0. The van der Waals surface area contributed by atoms with Crippen molar-refractivity contribution in [2.75, 3.05) is 13.6 Å². The molecule has 1 aromatic carbocycles. The summed E-state index contributed by atoms with van der Waals surface area (Å²) in [7, 11) is 3.82. The minimum absolute atomic E-state index is 0.0390. The maximum atomic E-state index is 12.5. The topological polar surface area (TPSA) is 61.1 Å². The van der Waals surface area contributed by atoms with Crippen LogP contribution in [0.1, 0.15) is 33.2 Å². The van der Waals surface area contributed by atoms with Crippen LogP contribution < -0.4 is 5.32 Å². The second kappa shape index (κ2) is 5.66. The van der Waals surface area contributed by atoms with Gasteiger partial charge < -0.3 is 9.88 Å². The highest BCUT2D eigenvalue weighted by molar-refractivity contribution is 5.93. The third-order valence-corrected chi connectivity index (χ3v) is 4.04. The molecule has 2 heterocycles. The molecular weight excluding hydrogens is 276 g/mol. The molecule has 5 heteroatoms. The average molecular weight is 294 g/mol. The number of nitrogens with one attached hydrogen (secondary N) is 1. The minimum Gasteiger partial charge on any atom is -0.345 e. The lowest BCUT2D eigenvalue weighted by Crippen LogP contribution is -2.40. The Kier molecular flexibility index (Phi) is 3.70. The summed E-state index contributed by atoms with van der Waals surface area (Å²) in [6.07, 6.45) is 1.66. The number of hydrogen-bond acceptors (Lipinski definition) is 3. The fraction of sp³-hybridized carbons (Fsp3) is 0.294. The summed E-state index contributed by atoms with van der Waals surface area (Å²) < 4.78 is 1.69. The zero-order valence-electron chi connectivity index (χ0n) is 12.7. The van der Waals surface area contributed by atoms with Gasteiger partial charge in [0, 0.05) is 26.3 Å². The Labute approximate surface area is 129 Å². The molecule has 2 aromatic rings. The van der Waals surface area contributed by atoms with Gasteiger partial charge in [-0.05, 0) is 24.2 Å². The third-order valence-electron chi connectivity index (χ3n) is 4.04. The normalized spacial score (nSPS) is 17.6. The monoisotopic (exact) mass is 294 g/mol. The summed E-state index contributed by atoms with van der Waals surface area (Å²) in [4.78, 5) is 14.7. The summed E-state index contributed by atoms with van der Waals surface area (Å²) in [6, 6.07) is 11.8. The zero-order valence-corrected chi connectivity index (χ0v) is 12.7. The number of nitrogens with zero attached hydrogens (tertiary/aromatic N) is 3. The molecule has 1 aliphatic rings. The van der Waals surface area contributed by atoms with E-state index in [1.54, 1.807) is 23.9 Å². The Bertz CT molecular complexity index is 756. The van der Waals surface area contributed by atoms with Crippen LogP contribution in [0.5, 0.6) is 0 Å². The Morgan fingerprint density at radius 3 is 2.86 bits per heavy atom. The summed E-state index contributed by atoms with van der Waals surface area (Å²) in [5.74, 6) is -0.154. The van der Waals surface area contributed by atoms with Gasteiger partial charge in [0.15, 0.2) is 0 Å². The average Bonchev–Trinajstić information content (AvgIpc) is 2.88. The lowest BCUT2D eigenvalue weighted by atomic mass is 9.95. The molecule has 1 N–H and O–H groups in total. The van der Waals surface area contributed by atoms with Gasteiger partial charge in [0.1, 0.15) is 11.8 Å². The fourth-order valence-electron chi connectivity index (χ4n) is 2.99. The van der Waals surface area contributed by atoms with Crippen molar-refractivity contribution in [1.29, 1.82) is 5.26 Å². The van der Waals surface area contributed by atoms with Crippen LogP contribution in [0, 0.1) is 11.3 Å². The van der Waals surface area contributed by atoms with Crippen LogP contribution in [-0.2, 0) is 13.6 Å². The number of carbonyl (C=O) groups is 1. The van der Waals surface area contributed by atoms with Crippen molar-refractivity contribution < 1.29 is 4.79 Å². The Hall–Kier alpha value is -2.58. The summed E-state index contributed by atoms with van der Waals surface area (Å²) in [6.45, 7) is 1.67. The van der Waals surface area contributed by atoms with Crippen molar-refractivity contribution in [2.24, 2.45) is 7.05 Å². The van der Waals surface area contributed by atoms with Gasteiger partial charge in [-0.1, -0.05) is 24.3 Å². The number of carbonyl (C=O) groups excluding carboxylic acids is 1. The number of nitriles is 1. The van der Waals surface area contributed by atoms with Gasteiger partial charge in [0.2, 0.25) is 0 Å². The van der Waals surface area contributed by atoms with Crippen LogP contribution in [0.15, 0.2) is 36.5 Å². The molecule has 1 aromatic heterocycles. The predicted octanol–water partition coefficient (Wildman–Crippen LogP) is 1.81. The minimum atomic E-state index is -0.154. The predicted molar refractivity (Wildman–Crippen MR) is 83.1 cm³/mol. The van der Waals surface area contributed by atoms with Gasteiger partial charge in [0.25, 0.3) is 5.91 Å². The molecular formula is C17H18N4O. The molecule has 0 saturated heterocycles. The van der Waals surface area contributed by atoms with Crippen molar-refractivity contribution in [3.63, 3.8) is 0 Å². The number of rotatable bonds is 2. The highest BCUT2D eigenvalue weighted by Gasteiger charge is 2.25. The van der Waals surface area contributed by atoms with E-state index in [1.165, 1.54) is 11.1 Å². The van der Waals surface area contributed by atoms with Gasteiger partial charge in [-0.3, -0.25) is 9.69 Å². The van der Waals surface area contributed by atoms with Crippen molar-refractivity contribution in [3.8, 4) is 6.07 Å². The standard InChI is InChI=1S/C17H18N4O/c1-20-10-13-5-3-4-6-14(13)15(11-20)19-17(22)16-7-12(8-18)9-21(16)2/h3-7,9,15H,10-11H2,1-2H3,(H,19,22). The molecule has 5 nitrogen and oxygen atoms in total. The van der Waals surface area contributed by atoms with Crippen molar-refractivity contribution in [3.05, 3.63) is 58.9 Å².